The van der Waals surface area contributed by atoms with Gasteiger partial charge >= 0.3 is 0 Å². The zero-order chi connectivity index (χ0) is 21.9. The number of aromatic nitrogens is 6. The van der Waals surface area contributed by atoms with Crippen LogP contribution in [-0.4, -0.2) is 41.9 Å². The number of rotatable bonds is 3. The van der Waals surface area contributed by atoms with Gasteiger partial charge in [0, 0.05) is 17.3 Å². The van der Waals surface area contributed by atoms with Crippen molar-refractivity contribution in [1.82, 2.24) is 29.8 Å². The van der Waals surface area contributed by atoms with Gasteiger partial charge in [-0.15, -0.1) is 9.73 Å². The summed E-state index contributed by atoms with van der Waals surface area (Å²) in [6.45, 7) is 12.6. The van der Waals surface area contributed by atoms with Crippen LogP contribution in [0.1, 0.15) is 39.2 Å². The third kappa shape index (κ3) is 3.01. The largest absolute Gasteiger partial charge is 0.307 e. The second-order valence-electron chi connectivity index (χ2n) is 8.45. The van der Waals surface area contributed by atoms with E-state index >= 15 is 0 Å². The fourth-order valence-corrected chi connectivity index (χ4v) is 4.17. The maximum absolute atomic E-state index is 4.99. The van der Waals surface area contributed by atoms with Crippen molar-refractivity contribution >= 4 is 34.4 Å². The van der Waals surface area contributed by atoms with Gasteiger partial charge in [-0.25, -0.2) is 15.0 Å². The van der Waals surface area contributed by atoms with Gasteiger partial charge in [0.25, 0.3) is 0 Å². The van der Waals surface area contributed by atoms with E-state index in [0.29, 0.717) is 5.82 Å². The summed E-state index contributed by atoms with van der Waals surface area (Å²) in [6, 6.07) is 8.45. The number of allylic oxidation sites excluding steroid dienone is 1. The molecule has 0 N–H and O–H groups in total. The van der Waals surface area contributed by atoms with Crippen LogP contribution in [0.4, 0.5) is 11.6 Å². The molecule has 0 unspecified atom stereocenters. The molecule has 0 radical (unpaired) electrons. The van der Waals surface area contributed by atoms with Gasteiger partial charge in [0.15, 0.2) is 17.3 Å². The van der Waals surface area contributed by atoms with E-state index < -0.39 is 0 Å². The number of para-hydroxylation sites is 2. The van der Waals surface area contributed by atoms with Crippen LogP contribution in [-0.2, 0) is 0 Å². The third-order valence-corrected chi connectivity index (χ3v) is 5.49. The maximum Gasteiger partial charge on any atom is 0.185 e. The number of nitrogens with zero attached hydrogens (tertiary/aromatic N) is 8. The summed E-state index contributed by atoms with van der Waals surface area (Å²) in [7, 11) is 0. The van der Waals surface area contributed by atoms with Gasteiger partial charge in [-0.05, 0) is 65.8 Å². The number of fused-ring (bicyclic) bond motifs is 3. The molecule has 0 bridgehead atoms. The summed E-state index contributed by atoms with van der Waals surface area (Å²) in [6.07, 6.45) is 4.21. The smallest absolute Gasteiger partial charge is 0.185 e. The number of aryl methyl sites for hydroxylation is 2. The lowest BCUT2D eigenvalue weighted by atomic mass is 10.2. The van der Waals surface area contributed by atoms with Gasteiger partial charge in [-0.3, -0.25) is 0 Å². The Morgan fingerprint density at radius 1 is 0.774 bits per heavy atom. The van der Waals surface area contributed by atoms with Gasteiger partial charge < -0.3 is 9.80 Å². The Bertz CT molecular complexity index is 1330. The summed E-state index contributed by atoms with van der Waals surface area (Å²) in [5.74, 6) is 3.54. The molecule has 4 aromatic rings. The van der Waals surface area contributed by atoms with Crippen LogP contribution in [0.5, 0.6) is 0 Å². The zero-order valence-corrected chi connectivity index (χ0v) is 18.7. The Kier molecular flexibility index (Phi) is 4.39. The second kappa shape index (κ2) is 7.01. The van der Waals surface area contributed by atoms with Crippen molar-refractivity contribution < 1.29 is 0 Å². The lowest BCUT2D eigenvalue weighted by molar-refractivity contribution is 0.701. The number of anilines is 2. The van der Waals surface area contributed by atoms with Crippen molar-refractivity contribution in [2.75, 3.05) is 9.80 Å². The Morgan fingerprint density at radius 3 is 1.90 bits per heavy atom. The van der Waals surface area contributed by atoms with Gasteiger partial charge in [0.05, 0.1) is 16.7 Å². The van der Waals surface area contributed by atoms with E-state index in [9.17, 15) is 0 Å². The molecule has 4 heterocycles. The Hall–Kier alpha value is -3.55. The topological polar surface area (TPSA) is 75.3 Å². The summed E-state index contributed by atoms with van der Waals surface area (Å²) in [5.41, 5.74) is 3.48. The first-order chi connectivity index (χ1) is 14.8. The third-order valence-electron chi connectivity index (χ3n) is 5.49. The highest BCUT2D eigenvalue weighted by Gasteiger charge is 2.37. The molecule has 8 heteroatoms. The molecule has 1 aliphatic heterocycles. The molecular formula is C23H26N8. The number of benzene rings is 1. The standard InChI is InChI=1S/C23H26N8/c1-13(2)29-20(12-11-17-15(5)27-31-21(17)24-16(6)28-31)30(14(3)4)23-22(29)25-18-9-7-8-10-19(18)26-23/h7-14H,1-6H3/b17-11-. The molecule has 0 spiro atoms. The maximum atomic E-state index is 4.99. The quantitative estimate of drug-likeness (QED) is 0.510. The van der Waals surface area contributed by atoms with Crippen LogP contribution >= 0.6 is 0 Å². The molecule has 1 aromatic carbocycles. The summed E-state index contributed by atoms with van der Waals surface area (Å²) in [5, 5.41) is 9.81. The van der Waals surface area contributed by atoms with Crippen LogP contribution in [0.15, 0.2) is 36.2 Å². The van der Waals surface area contributed by atoms with Gasteiger partial charge in [-0.1, -0.05) is 12.1 Å². The second-order valence-corrected chi connectivity index (χ2v) is 8.45. The van der Waals surface area contributed by atoms with Crippen molar-refractivity contribution in [3.63, 3.8) is 0 Å². The summed E-state index contributed by atoms with van der Waals surface area (Å²) in [4.78, 5) is 19.0. The number of hydrogen-bond donors (Lipinski definition) is 0. The minimum Gasteiger partial charge on any atom is -0.307 e. The van der Waals surface area contributed by atoms with E-state index in [1.54, 1.807) is 4.63 Å². The monoisotopic (exact) mass is 414 g/mol. The van der Waals surface area contributed by atoms with Crippen molar-refractivity contribution in [3.8, 4) is 0 Å². The average Bonchev–Trinajstić information content (AvgIpc) is 3.31. The zero-order valence-electron chi connectivity index (χ0n) is 18.7. The molecule has 3 aromatic heterocycles. The van der Waals surface area contributed by atoms with Crippen molar-refractivity contribution in [2.24, 2.45) is 0 Å². The summed E-state index contributed by atoms with van der Waals surface area (Å²) >= 11 is 0. The predicted octanol–water partition coefficient (Wildman–Crippen LogP) is 3.17. The molecule has 5 rings (SSSR count). The van der Waals surface area contributed by atoms with Gasteiger partial charge in [0.1, 0.15) is 11.6 Å². The van der Waals surface area contributed by atoms with E-state index in [2.05, 4.69) is 64.8 Å². The van der Waals surface area contributed by atoms with E-state index in [-0.39, 0.29) is 12.1 Å². The highest BCUT2D eigenvalue weighted by Crippen LogP contribution is 2.42. The first kappa shape index (κ1) is 19.4. The fourth-order valence-electron chi connectivity index (χ4n) is 4.17. The highest BCUT2D eigenvalue weighted by atomic mass is 15.5. The normalized spacial score (nSPS) is 14.7. The van der Waals surface area contributed by atoms with Crippen molar-refractivity contribution in [3.05, 3.63) is 52.9 Å². The van der Waals surface area contributed by atoms with Crippen LogP contribution in [0.3, 0.4) is 0 Å². The highest BCUT2D eigenvalue weighted by molar-refractivity contribution is 5.86. The first-order valence-corrected chi connectivity index (χ1v) is 10.6. The average molecular weight is 415 g/mol. The van der Waals surface area contributed by atoms with E-state index in [0.717, 1.165) is 45.0 Å². The van der Waals surface area contributed by atoms with Crippen LogP contribution < -0.4 is 15.0 Å². The minimum absolute atomic E-state index is 0.215. The van der Waals surface area contributed by atoms with Crippen LogP contribution in [0.2, 0.25) is 0 Å². The van der Waals surface area contributed by atoms with Crippen LogP contribution in [0, 0.1) is 13.8 Å². The molecular weight excluding hydrogens is 388 g/mol. The molecule has 31 heavy (non-hydrogen) atoms. The predicted molar refractivity (Wildman–Crippen MR) is 123 cm³/mol. The molecule has 0 atom stereocenters. The lowest BCUT2D eigenvalue weighted by Gasteiger charge is -2.29. The van der Waals surface area contributed by atoms with Crippen molar-refractivity contribution in [2.45, 2.75) is 53.6 Å². The molecule has 0 aliphatic carbocycles. The Balaban J connectivity index is 1.74. The van der Waals surface area contributed by atoms with Gasteiger partial charge in [0.2, 0.25) is 0 Å². The molecule has 1 aliphatic rings. The molecule has 0 saturated heterocycles. The summed E-state index contributed by atoms with van der Waals surface area (Å²) < 4.78 is 1.61. The van der Waals surface area contributed by atoms with Crippen LogP contribution in [0.25, 0.3) is 22.8 Å². The molecule has 0 amide bonds. The van der Waals surface area contributed by atoms with E-state index in [1.165, 1.54) is 0 Å². The Morgan fingerprint density at radius 2 is 1.35 bits per heavy atom. The fraction of sp³-hybridized carbons (Fsp3) is 0.348. The van der Waals surface area contributed by atoms with Gasteiger partial charge in [-0.2, -0.15) is 5.10 Å². The molecule has 8 nitrogen and oxygen atoms in total. The lowest BCUT2D eigenvalue weighted by Crippen LogP contribution is -2.36. The molecule has 158 valence electrons. The molecule has 0 saturated carbocycles. The SMILES string of the molecule is Cc1nc2/c(=C\C=C3N(C(C)C)c4nc5ccccc5nc4N3C(C)C)c(C)nn2n1. The number of hydrogen-bond acceptors (Lipinski definition) is 7. The Labute approximate surface area is 180 Å². The first-order valence-electron chi connectivity index (χ1n) is 10.6. The van der Waals surface area contributed by atoms with Crippen molar-refractivity contribution in [1.29, 1.82) is 0 Å². The minimum atomic E-state index is 0.215. The van der Waals surface area contributed by atoms with E-state index in [4.69, 9.17) is 9.97 Å². The van der Waals surface area contributed by atoms with E-state index in [1.807, 2.05) is 38.1 Å². The molecule has 0 fully saturated rings.